The molecule has 0 aliphatic heterocycles. The summed E-state index contributed by atoms with van der Waals surface area (Å²) >= 11 is 0. The molecule has 0 saturated carbocycles. The second kappa shape index (κ2) is 5.25. The normalized spacial score (nSPS) is 11.3. The van der Waals surface area contributed by atoms with Crippen molar-refractivity contribution in [2.24, 2.45) is 0 Å². The van der Waals surface area contributed by atoms with Gasteiger partial charge in [-0.25, -0.2) is 9.78 Å². The van der Waals surface area contributed by atoms with Crippen LogP contribution >= 0.6 is 0 Å². The minimum Gasteiger partial charge on any atom is -0.476 e. The number of carboxylic acids is 1. The largest absolute Gasteiger partial charge is 0.476 e. The molecule has 0 fully saturated rings. The maximum absolute atomic E-state index is 11.5. The average molecular weight is 278 g/mol. The van der Waals surface area contributed by atoms with E-state index in [0.29, 0.717) is 11.3 Å². The molecule has 104 valence electrons. The van der Waals surface area contributed by atoms with Gasteiger partial charge < -0.3 is 5.11 Å². The highest BCUT2D eigenvalue weighted by Gasteiger charge is 2.16. The van der Waals surface area contributed by atoms with Gasteiger partial charge in [0.15, 0.2) is 5.69 Å². The Morgan fingerprint density at radius 2 is 1.95 bits per heavy atom. The third kappa shape index (κ3) is 2.56. The average Bonchev–Trinajstić information content (AvgIpc) is 2.83. The van der Waals surface area contributed by atoms with E-state index in [1.54, 1.807) is 16.7 Å². The van der Waals surface area contributed by atoms with Gasteiger partial charge >= 0.3 is 5.97 Å². The number of imidazole rings is 1. The van der Waals surface area contributed by atoms with Gasteiger partial charge in [-0.1, -0.05) is 36.4 Å². The molecule has 2 aromatic heterocycles. The van der Waals surface area contributed by atoms with Crippen molar-refractivity contribution in [3.8, 4) is 0 Å². The summed E-state index contributed by atoms with van der Waals surface area (Å²) in [4.78, 5) is 15.9. The van der Waals surface area contributed by atoms with Crippen LogP contribution in [0, 0.1) is 6.92 Å². The van der Waals surface area contributed by atoms with Crippen molar-refractivity contribution in [3.05, 3.63) is 71.2 Å². The summed E-state index contributed by atoms with van der Waals surface area (Å²) < 4.78 is 1.60. The van der Waals surface area contributed by atoms with Crippen LogP contribution in [0.25, 0.3) is 17.8 Å². The van der Waals surface area contributed by atoms with E-state index < -0.39 is 5.97 Å². The van der Waals surface area contributed by atoms with E-state index >= 15 is 0 Å². The highest BCUT2D eigenvalue weighted by molar-refractivity contribution is 5.92. The molecule has 4 heteroatoms. The van der Waals surface area contributed by atoms with Gasteiger partial charge in [0.1, 0.15) is 5.65 Å². The monoisotopic (exact) mass is 278 g/mol. The Balaban J connectivity index is 2.11. The third-order valence-electron chi connectivity index (χ3n) is 3.24. The van der Waals surface area contributed by atoms with Crippen molar-refractivity contribution < 1.29 is 9.90 Å². The number of nitrogens with zero attached hydrogens (tertiary/aromatic N) is 2. The van der Waals surface area contributed by atoms with Crippen LogP contribution in [0.2, 0.25) is 0 Å². The number of pyridine rings is 1. The lowest BCUT2D eigenvalue weighted by molar-refractivity contribution is 0.0689. The van der Waals surface area contributed by atoms with Crippen LogP contribution in [0.5, 0.6) is 0 Å². The number of hydrogen-bond donors (Lipinski definition) is 1. The van der Waals surface area contributed by atoms with Crippen molar-refractivity contribution in [2.75, 3.05) is 0 Å². The van der Waals surface area contributed by atoms with E-state index in [4.69, 9.17) is 0 Å². The van der Waals surface area contributed by atoms with Crippen LogP contribution in [0.4, 0.5) is 0 Å². The molecule has 3 rings (SSSR count). The molecule has 0 spiro atoms. The van der Waals surface area contributed by atoms with E-state index in [0.717, 1.165) is 11.1 Å². The molecule has 0 atom stereocenters. The van der Waals surface area contributed by atoms with Gasteiger partial charge in [-0.2, -0.15) is 0 Å². The minimum absolute atomic E-state index is 0.178. The predicted octanol–water partition coefficient (Wildman–Crippen LogP) is 3.51. The molecule has 21 heavy (non-hydrogen) atoms. The van der Waals surface area contributed by atoms with E-state index in [9.17, 15) is 9.90 Å². The fourth-order valence-corrected chi connectivity index (χ4v) is 2.23. The maximum atomic E-state index is 11.5. The number of hydrogen-bond acceptors (Lipinski definition) is 2. The quantitative estimate of drug-likeness (QED) is 0.797. The summed E-state index contributed by atoms with van der Waals surface area (Å²) in [6, 6.07) is 13.5. The summed E-state index contributed by atoms with van der Waals surface area (Å²) in [5.41, 5.74) is 3.32. The SMILES string of the molecule is Cc1ccn2c(C(=O)O)c(/C=C/c3ccccc3)nc2c1. The Kier molecular flexibility index (Phi) is 3.28. The Morgan fingerprint density at radius 3 is 2.67 bits per heavy atom. The van der Waals surface area contributed by atoms with E-state index in [1.807, 2.05) is 55.5 Å². The number of fused-ring (bicyclic) bond motifs is 1. The Bertz CT molecular complexity index is 833. The lowest BCUT2D eigenvalue weighted by Crippen LogP contribution is -2.03. The van der Waals surface area contributed by atoms with E-state index in [1.165, 1.54) is 0 Å². The van der Waals surface area contributed by atoms with Crippen molar-refractivity contribution in [2.45, 2.75) is 6.92 Å². The number of carboxylic acid groups (broad SMARTS) is 1. The molecular formula is C17H14N2O2. The number of aromatic nitrogens is 2. The Labute approximate surface area is 122 Å². The number of aromatic carboxylic acids is 1. The molecule has 4 nitrogen and oxygen atoms in total. The highest BCUT2D eigenvalue weighted by Crippen LogP contribution is 2.17. The zero-order chi connectivity index (χ0) is 14.8. The maximum Gasteiger partial charge on any atom is 0.355 e. The van der Waals surface area contributed by atoms with Gasteiger partial charge in [0.25, 0.3) is 0 Å². The molecule has 0 aliphatic carbocycles. The molecule has 0 bridgehead atoms. The molecule has 3 aromatic rings. The van der Waals surface area contributed by atoms with Crippen LogP contribution < -0.4 is 0 Å². The van der Waals surface area contributed by atoms with Crippen molar-refractivity contribution in [3.63, 3.8) is 0 Å². The van der Waals surface area contributed by atoms with Crippen molar-refractivity contribution in [1.29, 1.82) is 0 Å². The van der Waals surface area contributed by atoms with Gasteiger partial charge in [-0.05, 0) is 36.3 Å². The van der Waals surface area contributed by atoms with Crippen molar-refractivity contribution >= 4 is 23.8 Å². The predicted molar refractivity (Wildman–Crippen MR) is 82.3 cm³/mol. The van der Waals surface area contributed by atoms with E-state index in [2.05, 4.69) is 4.98 Å². The lowest BCUT2D eigenvalue weighted by atomic mass is 10.2. The number of rotatable bonds is 3. The van der Waals surface area contributed by atoms with Crippen molar-refractivity contribution in [1.82, 2.24) is 9.38 Å². The lowest BCUT2D eigenvalue weighted by Gasteiger charge is -1.98. The fourth-order valence-electron chi connectivity index (χ4n) is 2.23. The van der Waals surface area contributed by atoms with Gasteiger partial charge in [-0.3, -0.25) is 4.40 Å². The first-order valence-corrected chi connectivity index (χ1v) is 6.60. The van der Waals surface area contributed by atoms with E-state index in [-0.39, 0.29) is 5.69 Å². The summed E-state index contributed by atoms with van der Waals surface area (Å²) in [5.74, 6) is -0.987. The standard InChI is InChI=1S/C17H14N2O2/c1-12-9-10-19-15(11-12)18-14(16(19)17(20)21)8-7-13-5-3-2-4-6-13/h2-11H,1H3,(H,20,21)/b8-7+. The zero-order valence-corrected chi connectivity index (χ0v) is 11.5. The van der Waals surface area contributed by atoms with Crippen LogP contribution in [0.15, 0.2) is 48.7 Å². The summed E-state index contributed by atoms with van der Waals surface area (Å²) in [6.45, 7) is 1.95. The van der Waals surface area contributed by atoms with Crippen LogP contribution in [0.1, 0.15) is 27.3 Å². The minimum atomic E-state index is -0.987. The Morgan fingerprint density at radius 1 is 1.19 bits per heavy atom. The molecule has 0 amide bonds. The molecule has 0 saturated heterocycles. The van der Waals surface area contributed by atoms with Gasteiger partial charge in [0.05, 0.1) is 5.69 Å². The Hall–Kier alpha value is -2.88. The molecule has 0 radical (unpaired) electrons. The highest BCUT2D eigenvalue weighted by atomic mass is 16.4. The third-order valence-corrected chi connectivity index (χ3v) is 3.24. The first-order chi connectivity index (χ1) is 10.1. The molecule has 1 N–H and O–H groups in total. The smallest absolute Gasteiger partial charge is 0.355 e. The number of carbonyl (C=O) groups is 1. The summed E-state index contributed by atoms with van der Waals surface area (Å²) in [7, 11) is 0. The second-order valence-electron chi connectivity index (χ2n) is 4.83. The van der Waals surface area contributed by atoms with Gasteiger partial charge in [0.2, 0.25) is 0 Å². The summed E-state index contributed by atoms with van der Waals surface area (Å²) in [5, 5.41) is 9.42. The molecule has 2 heterocycles. The second-order valence-corrected chi connectivity index (χ2v) is 4.83. The molecule has 1 aromatic carbocycles. The molecule has 0 unspecified atom stereocenters. The number of aryl methyl sites for hydroxylation is 1. The number of benzene rings is 1. The summed E-state index contributed by atoms with van der Waals surface area (Å²) in [6.07, 6.45) is 5.34. The fraction of sp³-hybridized carbons (Fsp3) is 0.0588. The molecule has 0 aliphatic rings. The molecular weight excluding hydrogens is 264 g/mol. The van der Waals surface area contributed by atoms with Gasteiger partial charge in [0, 0.05) is 6.20 Å². The zero-order valence-electron chi connectivity index (χ0n) is 11.5. The topological polar surface area (TPSA) is 54.6 Å². The first-order valence-electron chi connectivity index (χ1n) is 6.60. The van der Waals surface area contributed by atoms with Crippen LogP contribution in [-0.2, 0) is 0 Å². The van der Waals surface area contributed by atoms with Crippen LogP contribution in [-0.4, -0.2) is 20.5 Å². The van der Waals surface area contributed by atoms with Crippen LogP contribution in [0.3, 0.4) is 0 Å². The first kappa shape index (κ1) is 13.1. The van der Waals surface area contributed by atoms with Gasteiger partial charge in [-0.15, -0.1) is 0 Å².